The van der Waals surface area contributed by atoms with Crippen LogP contribution in [-0.4, -0.2) is 39.8 Å². The number of benzene rings is 2. The Bertz CT molecular complexity index is 944. The molecule has 1 aliphatic heterocycles. The molecule has 1 fully saturated rings. The fourth-order valence-corrected chi connectivity index (χ4v) is 3.82. The van der Waals surface area contributed by atoms with Crippen LogP contribution in [0.5, 0.6) is 5.75 Å². The first-order valence-electron chi connectivity index (χ1n) is 9.92. The monoisotopic (exact) mass is 415 g/mol. The summed E-state index contributed by atoms with van der Waals surface area (Å²) in [7, 11) is 0. The number of aliphatic hydroxyl groups is 1. The third-order valence-electron chi connectivity index (χ3n) is 5.39. The molecule has 1 aromatic heterocycles. The van der Waals surface area contributed by atoms with Crippen LogP contribution >= 0.6 is 0 Å². The zero-order valence-corrected chi connectivity index (χ0v) is 16.3. The lowest BCUT2D eigenvalue weighted by Crippen LogP contribution is -2.35. The highest BCUT2D eigenvalue weighted by Gasteiger charge is 2.27. The van der Waals surface area contributed by atoms with E-state index in [0.29, 0.717) is 18.0 Å². The van der Waals surface area contributed by atoms with Crippen molar-refractivity contribution in [2.24, 2.45) is 5.92 Å². The van der Waals surface area contributed by atoms with E-state index in [2.05, 4.69) is 19.8 Å². The largest absolute Gasteiger partial charge is 0.434 e. The highest BCUT2D eigenvalue weighted by atomic mass is 19.3. The van der Waals surface area contributed by atoms with E-state index in [4.69, 9.17) is 4.52 Å². The SMILES string of the molecule is OC(c1ccccc1)C1CCN(Cc2nc(-c3ccccc3OC(F)F)no2)CC1. The normalized spacial score (nSPS) is 16.7. The molecular formula is C22H23F2N3O3. The van der Waals surface area contributed by atoms with Crippen LogP contribution < -0.4 is 4.74 Å². The van der Waals surface area contributed by atoms with Crippen molar-refractivity contribution in [3.05, 3.63) is 66.1 Å². The molecule has 1 N–H and O–H groups in total. The zero-order valence-electron chi connectivity index (χ0n) is 16.3. The smallest absolute Gasteiger partial charge is 0.387 e. The van der Waals surface area contributed by atoms with Crippen LogP contribution in [-0.2, 0) is 6.54 Å². The molecular weight excluding hydrogens is 392 g/mol. The van der Waals surface area contributed by atoms with E-state index in [9.17, 15) is 13.9 Å². The van der Waals surface area contributed by atoms with Gasteiger partial charge in [-0.05, 0) is 49.5 Å². The number of aliphatic hydroxyl groups excluding tert-OH is 1. The number of likely N-dealkylation sites (tertiary alicyclic amines) is 1. The van der Waals surface area contributed by atoms with E-state index >= 15 is 0 Å². The molecule has 0 saturated carbocycles. The average Bonchev–Trinajstić information content (AvgIpc) is 3.22. The Hall–Kier alpha value is -2.84. The van der Waals surface area contributed by atoms with Crippen molar-refractivity contribution in [1.29, 1.82) is 0 Å². The van der Waals surface area contributed by atoms with Gasteiger partial charge in [-0.15, -0.1) is 0 Å². The summed E-state index contributed by atoms with van der Waals surface area (Å²) in [6, 6.07) is 16.1. The van der Waals surface area contributed by atoms with Crippen LogP contribution in [0.2, 0.25) is 0 Å². The van der Waals surface area contributed by atoms with E-state index in [1.165, 1.54) is 6.07 Å². The van der Waals surface area contributed by atoms with Gasteiger partial charge < -0.3 is 14.4 Å². The lowest BCUT2D eigenvalue weighted by atomic mass is 9.87. The topological polar surface area (TPSA) is 71.6 Å². The lowest BCUT2D eigenvalue weighted by molar-refractivity contribution is -0.0494. The van der Waals surface area contributed by atoms with E-state index in [0.717, 1.165) is 31.5 Å². The van der Waals surface area contributed by atoms with Gasteiger partial charge in [-0.25, -0.2) is 0 Å². The second kappa shape index (κ2) is 9.32. The molecule has 1 saturated heterocycles. The van der Waals surface area contributed by atoms with Crippen LogP contribution in [0.4, 0.5) is 8.78 Å². The molecule has 3 aromatic rings. The Kier molecular flexibility index (Phi) is 6.35. The van der Waals surface area contributed by atoms with Crippen molar-refractivity contribution in [2.75, 3.05) is 13.1 Å². The van der Waals surface area contributed by atoms with Gasteiger partial charge >= 0.3 is 6.61 Å². The maximum Gasteiger partial charge on any atom is 0.387 e. The standard InChI is InChI=1S/C22H23F2N3O3/c23-22(24)29-18-9-5-4-8-17(18)21-25-19(30-26-21)14-27-12-10-16(11-13-27)20(28)15-6-2-1-3-7-15/h1-9,16,20,22,28H,10-14H2. The minimum absolute atomic E-state index is 0.00978. The maximum atomic E-state index is 12.6. The molecule has 2 heterocycles. The molecule has 0 amide bonds. The van der Waals surface area contributed by atoms with Crippen molar-refractivity contribution < 1.29 is 23.1 Å². The zero-order chi connectivity index (χ0) is 20.9. The third-order valence-corrected chi connectivity index (χ3v) is 5.39. The molecule has 1 atom stereocenters. The summed E-state index contributed by atoms with van der Waals surface area (Å²) < 4.78 is 35.1. The van der Waals surface area contributed by atoms with Gasteiger partial charge in [-0.1, -0.05) is 47.6 Å². The summed E-state index contributed by atoms with van der Waals surface area (Å²) >= 11 is 0. The molecule has 4 rings (SSSR count). The Morgan fingerprint density at radius 2 is 1.77 bits per heavy atom. The number of halogens is 2. The van der Waals surface area contributed by atoms with E-state index in [-0.39, 0.29) is 17.5 Å². The maximum absolute atomic E-state index is 12.6. The van der Waals surface area contributed by atoms with Crippen molar-refractivity contribution in [2.45, 2.75) is 32.1 Å². The fraction of sp³-hybridized carbons (Fsp3) is 0.364. The second-order valence-corrected chi connectivity index (χ2v) is 7.36. The first-order valence-corrected chi connectivity index (χ1v) is 9.92. The summed E-state index contributed by atoms with van der Waals surface area (Å²) in [5, 5.41) is 14.5. The predicted octanol–water partition coefficient (Wildman–Crippen LogP) is 4.28. The molecule has 0 radical (unpaired) electrons. The summed E-state index contributed by atoms with van der Waals surface area (Å²) in [6.07, 6.45) is 1.26. The summed E-state index contributed by atoms with van der Waals surface area (Å²) in [5.74, 6) is 0.852. The quantitative estimate of drug-likeness (QED) is 0.621. The van der Waals surface area contributed by atoms with Gasteiger partial charge in [0.05, 0.1) is 18.2 Å². The summed E-state index contributed by atoms with van der Waals surface area (Å²) in [6.45, 7) is -0.849. The average molecular weight is 415 g/mol. The molecule has 1 unspecified atom stereocenters. The number of aromatic nitrogens is 2. The number of alkyl halides is 2. The van der Waals surface area contributed by atoms with E-state index < -0.39 is 12.7 Å². The van der Waals surface area contributed by atoms with Gasteiger partial charge in [-0.3, -0.25) is 4.90 Å². The number of ether oxygens (including phenoxy) is 1. The minimum atomic E-state index is -2.93. The molecule has 0 aliphatic carbocycles. The van der Waals surface area contributed by atoms with E-state index in [1.54, 1.807) is 18.2 Å². The van der Waals surface area contributed by atoms with Crippen molar-refractivity contribution in [3.63, 3.8) is 0 Å². The van der Waals surface area contributed by atoms with Gasteiger partial charge in [-0.2, -0.15) is 13.8 Å². The van der Waals surface area contributed by atoms with Crippen LogP contribution in [0.3, 0.4) is 0 Å². The fourth-order valence-electron chi connectivity index (χ4n) is 3.82. The Balaban J connectivity index is 1.36. The van der Waals surface area contributed by atoms with Gasteiger partial charge in [0, 0.05) is 0 Å². The Labute approximate surface area is 173 Å². The Morgan fingerprint density at radius 1 is 1.07 bits per heavy atom. The highest BCUT2D eigenvalue weighted by Crippen LogP contribution is 2.32. The summed E-state index contributed by atoms with van der Waals surface area (Å²) in [5.41, 5.74) is 1.31. The number of rotatable bonds is 7. The van der Waals surface area contributed by atoms with Crippen molar-refractivity contribution in [3.8, 4) is 17.1 Å². The van der Waals surface area contributed by atoms with E-state index in [1.807, 2.05) is 30.3 Å². The number of para-hydroxylation sites is 1. The molecule has 2 aromatic carbocycles. The van der Waals surface area contributed by atoms with Gasteiger partial charge in [0.2, 0.25) is 11.7 Å². The van der Waals surface area contributed by atoms with Crippen LogP contribution in [0, 0.1) is 5.92 Å². The van der Waals surface area contributed by atoms with Crippen LogP contribution in [0.15, 0.2) is 59.1 Å². The van der Waals surface area contributed by atoms with Gasteiger partial charge in [0.25, 0.3) is 0 Å². The number of nitrogens with zero attached hydrogens (tertiary/aromatic N) is 3. The van der Waals surface area contributed by atoms with Gasteiger partial charge in [0.1, 0.15) is 5.75 Å². The second-order valence-electron chi connectivity index (χ2n) is 7.36. The first-order chi connectivity index (χ1) is 14.6. The Morgan fingerprint density at radius 3 is 2.50 bits per heavy atom. The van der Waals surface area contributed by atoms with Crippen molar-refractivity contribution >= 4 is 0 Å². The molecule has 6 nitrogen and oxygen atoms in total. The third kappa shape index (κ3) is 4.83. The van der Waals surface area contributed by atoms with Crippen LogP contribution in [0.25, 0.3) is 11.4 Å². The highest BCUT2D eigenvalue weighted by molar-refractivity contribution is 5.63. The summed E-state index contributed by atoms with van der Waals surface area (Å²) in [4.78, 5) is 6.54. The first kappa shape index (κ1) is 20.4. The number of hydrogen-bond acceptors (Lipinski definition) is 6. The molecule has 158 valence electrons. The van der Waals surface area contributed by atoms with Gasteiger partial charge in [0.15, 0.2) is 0 Å². The number of piperidine rings is 1. The molecule has 1 aliphatic rings. The molecule has 30 heavy (non-hydrogen) atoms. The predicted molar refractivity (Wildman–Crippen MR) is 106 cm³/mol. The molecule has 0 bridgehead atoms. The number of hydrogen-bond donors (Lipinski definition) is 1. The molecule has 0 spiro atoms. The lowest BCUT2D eigenvalue weighted by Gasteiger charge is -2.33. The van der Waals surface area contributed by atoms with Crippen molar-refractivity contribution in [1.82, 2.24) is 15.0 Å². The molecule has 8 heteroatoms. The van der Waals surface area contributed by atoms with Crippen LogP contribution in [0.1, 0.15) is 30.4 Å². The minimum Gasteiger partial charge on any atom is -0.434 e.